The summed E-state index contributed by atoms with van der Waals surface area (Å²) in [6.45, 7) is 0.368. The van der Waals surface area contributed by atoms with Crippen molar-refractivity contribution in [2.45, 2.75) is 6.54 Å². The number of anilines is 1. The van der Waals surface area contributed by atoms with Crippen LogP contribution in [0.3, 0.4) is 0 Å². The highest BCUT2D eigenvalue weighted by atomic mass is 32.1. The molecule has 0 spiro atoms. The van der Waals surface area contributed by atoms with Crippen molar-refractivity contribution in [3.63, 3.8) is 0 Å². The third kappa shape index (κ3) is 3.43. The molecule has 4 rings (SSSR count). The summed E-state index contributed by atoms with van der Waals surface area (Å²) < 4.78 is 20.6. The Morgan fingerprint density at radius 3 is 2.92 bits per heavy atom. The Morgan fingerprint density at radius 2 is 2.04 bits per heavy atom. The van der Waals surface area contributed by atoms with Crippen molar-refractivity contribution in [3.8, 4) is 11.5 Å². The summed E-state index contributed by atoms with van der Waals surface area (Å²) in [5.41, 5.74) is 1.25. The number of hydrogen-bond donors (Lipinski definition) is 1. The SMILES string of the molecule is O=c1cc(CNc2ccccc2Oc2cccc(F)c2)nc2sccn12. The molecule has 0 bridgehead atoms. The van der Waals surface area contributed by atoms with E-state index in [9.17, 15) is 9.18 Å². The van der Waals surface area contributed by atoms with Crippen LogP contribution in [0.25, 0.3) is 4.96 Å². The van der Waals surface area contributed by atoms with Crippen molar-refractivity contribution >= 4 is 22.0 Å². The third-order valence-corrected chi connectivity index (χ3v) is 4.48. The predicted molar refractivity (Wildman–Crippen MR) is 99.6 cm³/mol. The van der Waals surface area contributed by atoms with Gasteiger partial charge in [0.2, 0.25) is 0 Å². The lowest BCUT2D eigenvalue weighted by Crippen LogP contribution is -2.14. The lowest BCUT2D eigenvalue weighted by atomic mass is 10.2. The monoisotopic (exact) mass is 367 g/mol. The van der Waals surface area contributed by atoms with Crippen LogP contribution >= 0.6 is 11.3 Å². The molecule has 0 fully saturated rings. The third-order valence-electron chi connectivity index (χ3n) is 3.73. The molecule has 5 nitrogen and oxygen atoms in total. The number of nitrogens with one attached hydrogen (secondary N) is 1. The molecule has 0 aliphatic heterocycles. The van der Waals surface area contributed by atoms with E-state index in [4.69, 9.17) is 4.74 Å². The number of thiazole rings is 1. The molecular weight excluding hydrogens is 353 g/mol. The molecule has 2 heterocycles. The van der Waals surface area contributed by atoms with Crippen LogP contribution in [0.4, 0.5) is 10.1 Å². The number of nitrogens with zero attached hydrogens (tertiary/aromatic N) is 2. The molecule has 26 heavy (non-hydrogen) atoms. The van der Waals surface area contributed by atoms with Gasteiger partial charge in [-0.05, 0) is 24.3 Å². The minimum Gasteiger partial charge on any atom is -0.455 e. The summed E-state index contributed by atoms with van der Waals surface area (Å²) in [7, 11) is 0. The van der Waals surface area contributed by atoms with Crippen molar-refractivity contribution in [3.05, 3.63) is 88.0 Å². The Hall–Kier alpha value is -3.19. The van der Waals surface area contributed by atoms with E-state index >= 15 is 0 Å². The van der Waals surface area contributed by atoms with Crippen molar-refractivity contribution < 1.29 is 9.13 Å². The molecule has 130 valence electrons. The second-order valence-electron chi connectivity index (χ2n) is 5.55. The maximum atomic E-state index is 13.3. The van der Waals surface area contributed by atoms with Gasteiger partial charge in [-0.25, -0.2) is 9.37 Å². The van der Waals surface area contributed by atoms with Crippen molar-refractivity contribution in [1.82, 2.24) is 9.38 Å². The Balaban J connectivity index is 1.55. The summed E-state index contributed by atoms with van der Waals surface area (Å²) in [5.74, 6) is 0.615. The topological polar surface area (TPSA) is 55.6 Å². The number of fused-ring (bicyclic) bond motifs is 1. The first kappa shape index (κ1) is 16.3. The fraction of sp³-hybridized carbons (Fsp3) is 0.0526. The van der Waals surface area contributed by atoms with E-state index in [-0.39, 0.29) is 11.4 Å². The molecule has 2 aromatic carbocycles. The van der Waals surface area contributed by atoms with E-state index in [1.54, 1.807) is 24.4 Å². The molecule has 0 aliphatic carbocycles. The fourth-order valence-corrected chi connectivity index (χ4v) is 3.26. The Labute approximate surface area is 152 Å². The lowest BCUT2D eigenvalue weighted by molar-refractivity contribution is 0.478. The largest absolute Gasteiger partial charge is 0.455 e. The number of ether oxygens (including phenoxy) is 1. The molecule has 4 aromatic rings. The second-order valence-corrected chi connectivity index (χ2v) is 6.42. The van der Waals surface area contributed by atoms with E-state index < -0.39 is 0 Å². The van der Waals surface area contributed by atoms with E-state index in [1.807, 2.05) is 23.6 Å². The predicted octanol–water partition coefficient (Wildman–Crippen LogP) is 4.30. The fourth-order valence-electron chi connectivity index (χ4n) is 2.52. The van der Waals surface area contributed by atoms with E-state index in [1.165, 1.54) is 33.9 Å². The molecule has 0 unspecified atom stereocenters. The molecule has 0 radical (unpaired) electrons. The second kappa shape index (κ2) is 6.97. The zero-order valence-corrected chi connectivity index (χ0v) is 14.4. The van der Waals surface area contributed by atoms with Crippen molar-refractivity contribution in [1.29, 1.82) is 0 Å². The van der Waals surface area contributed by atoms with Crippen LogP contribution in [0, 0.1) is 5.82 Å². The number of hydrogen-bond acceptors (Lipinski definition) is 5. The van der Waals surface area contributed by atoms with Gasteiger partial charge in [0.25, 0.3) is 5.56 Å². The van der Waals surface area contributed by atoms with E-state index in [0.717, 1.165) is 5.69 Å². The molecule has 0 amide bonds. The standard InChI is InChI=1S/C19H14FN3O2S/c20-13-4-3-5-15(10-13)25-17-7-2-1-6-16(17)21-12-14-11-18(24)23-8-9-26-19(23)22-14/h1-11,21H,12H2. The van der Waals surface area contributed by atoms with Gasteiger partial charge >= 0.3 is 0 Å². The van der Waals surface area contributed by atoms with Gasteiger partial charge < -0.3 is 10.1 Å². The van der Waals surface area contributed by atoms with Gasteiger partial charge in [0.15, 0.2) is 10.7 Å². The molecule has 0 atom stereocenters. The smallest absolute Gasteiger partial charge is 0.258 e. The minimum absolute atomic E-state index is 0.114. The highest BCUT2D eigenvalue weighted by Gasteiger charge is 2.07. The quantitative estimate of drug-likeness (QED) is 0.571. The number of aromatic nitrogens is 2. The first-order valence-corrected chi connectivity index (χ1v) is 8.79. The van der Waals surface area contributed by atoms with Crippen LogP contribution in [-0.2, 0) is 6.54 Å². The number of halogens is 1. The molecule has 0 saturated heterocycles. The van der Waals surface area contributed by atoms with E-state index in [0.29, 0.717) is 28.7 Å². The average molecular weight is 367 g/mol. The van der Waals surface area contributed by atoms with Crippen LogP contribution in [0.2, 0.25) is 0 Å². The average Bonchev–Trinajstić information content (AvgIpc) is 3.10. The summed E-state index contributed by atoms with van der Waals surface area (Å²) in [4.78, 5) is 17.2. The van der Waals surface area contributed by atoms with Crippen molar-refractivity contribution in [2.24, 2.45) is 0 Å². The highest BCUT2D eigenvalue weighted by molar-refractivity contribution is 7.15. The van der Waals surface area contributed by atoms with Gasteiger partial charge in [0, 0.05) is 23.7 Å². The molecule has 7 heteroatoms. The maximum Gasteiger partial charge on any atom is 0.258 e. The number of para-hydroxylation sites is 2. The zero-order valence-electron chi connectivity index (χ0n) is 13.6. The Bertz CT molecular complexity index is 1120. The molecule has 0 aliphatic rings. The van der Waals surface area contributed by atoms with Gasteiger partial charge in [-0.15, -0.1) is 11.3 Å². The molecule has 2 aromatic heterocycles. The van der Waals surface area contributed by atoms with Gasteiger partial charge in [-0.3, -0.25) is 9.20 Å². The number of benzene rings is 2. The van der Waals surface area contributed by atoms with Gasteiger partial charge in [-0.1, -0.05) is 18.2 Å². The summed E-state index contributed by atoms with van der Waals surface area (Å²) in [6.07, 6.45) is 1.70. The molecule has 1 N–H and O–H groups in total. The highest BCUT2D eigenvalue weighted by Crippen LogP contribution is 2.29. The maximum absolute atomic E-state index is 13.3. The zero-order chi connectivity index (χ0) is 17.9. The van der Waals surface area contributed by atoms with Gasteiger partial charge in [0.1, 0.15) is 11.6 Å². The van der Waals surface area contributed by atoms with Crippen LogP contribution in [0.15, 0.2) is 71.0 Å². The van der Waals surface area contributed by atoms with E-state index in [2.05, 4.69) is 10.3 Å². The Kier molecular flexibility index (Phi) is 4.37. The normalized spacial score (nSPS) is 10.8. The molecule has 0 saturated carbocycles. The minimum atomic E-state index is -0.359. The first-order chi connectivity index (χ1) is 12.7. The van der Waals surface area contributed by atoms with Crippen LogP contribution < -0.4 is 15.6 Å². The summed E-state index contributed by atoms with van der Waals surface area (Å²) in [6, 6.07) is 14.8. The van der Waals surface area contributed by atoms with Gasteiger partial charge in [-0.2, -0.15) is 0 Å². The Morgan fingerprint density at radius 1 is 1.15 bits per heavy atom. The van der Waals surface area contributed by atoms with Crippen LogP contribution in [0.5, 0.6) is 11.5 Å². The molecular formula is C19H14FN3O2S. The van der Waals surface area contributed by atoms with Crippen LogP contribution in [0.1, 0.15) is 5.69 Å². The summed E-state index contributed by atoms with van der Waals surface area (Å²) >= 11 is 1.41. The van der Waals surface area contributed by atoms with Crippen molar-refractivity contribution in [2.75, 3.05) is 5.32 Å². The van der Waals surface area contributed by atoms with Crippen LogP contribution in [-0.4, -0.2) is 9.38 Å². The first-order valence-electron chi connectivity index (χ1n) is 7.91. The van der Waals surface area contributed by atoms with Gasteiger partial charge in [0.05, 0.1) is 17.9 Å². The lowest BCUT2D eigenvalue weighted by Gasteiger charge is -2.13. The number of rotatable bonds is 5. The summed E-state index contributed by atoms with van der Waals surface area (Å²) in [5, 5.41) is 5.05.